The first-order valence-electron chi connectivity index (χ1n) is 10.3. The van der Waals surface area contributed by atoms with Crippen molar-refractivity contribution in [2.75, 3.05) is 26.2 Å². The molecule has 4 rings (SSSR count). The number of aliphatic hydroxyl groups excluding tert-OH is 1. The number of halogens is 1. The topological polar surface area (TPSA) is 38.7 Å². The number of rotatable bonds is 6. The van der Waals surface area contributed by atoms with Crippen molar-refractivity contribution < 1.29 is 9.50 Å². The SMILES string of the molecule is OC(CN1CCC(CN2C=C(c3ccccc3)C=CN2)CC1)c1ccc(F)cc1. The number of nitrogens with one attached hydrogen (secondary N) is 1. The highest BCUT2D eigenvalue weighted by molar-refractivity contribution is 5.74. The summed E-state index contributed by atoms with van der Waals surface area (Å²) in [5, 5.41) is 12.6. The van der Waals surface area contributed by atoms with Crippen molar-refractivity contribution in [3.8, 4) is 0 Å². The quantitative estimate of drug-likeness (QED) is 0.780. The van der Waals surface area contributed by atoms with E-state index in [0.717, 1.165) is 38.0 Å². The summed E-state index contributed by atoms with van der Waals surface area (Å²) in [7, 11) is 0. The molecule has 29 heavy (non-hydrogen) atoms. The van der Waals surface area contributed by atoms with E-state index in [0.29, 0.717) is 12.5 Å². The Kier molecular flexibility index (Phi) is 6.27. The second kappa shape index (κ2) is 9.25. The molecule has 4 nitrogen and oxygen atoms in total. The van der Waals surface area contributed by atoms with Gasteiger partial charge in [0.25, 0.3) is 0 Å². The number of piperidine rings is 1. The van der Waals surface area contributed by atoms with Gasteiger partial charge in [0.05, 0.1) is 6.10 Å². The predicted molar refractivity (Wildman–Crippen MR) is 114 cm³/mol. The molecule has 0 aromatic heterocycles. The minimum Gasteiger partial charge on any atom is -0.387 e. The van der Waals surface area contributed by atoms with Crippen LogP contribution in [0.1, 0.15) is 30.1 Å². The lowest BCUT2D eigenvalue weighted by molar-refractivity contribution is 0.0822. The molecular weight excluding hydrogens is 365 g/mol. The summed E-state index contributed by atoms with van der Waals surface area (Å²) in [5.74, 6) is 0.342. The van der Waals surface area contributed by atoms with E-state index >= 15 is 0 Å². The summed E-state index contributed by atoms with van der Waals surface area (Å²) in [6.45, 7) is 3.51. The second-order valence-electron chi connectivity index (χ2n) is 7.88. The molecule has 152 valence electrons. The Morgan fingerprint density at radius 3 is 2.48 bits per heavy atom. The highest BCUT2D eigenvalue weighted by Gasteiger charge is 2.23. The van der Waals surface area contributed by atoms with Crippen LogP contribution in [0.15, 0.2) is 73.1 Å². The number of allylic oxidation sites excluding steroid dienone is 2. The van der Waals surface area contributed by atoms with Gasteiger partial charge in [-0.25, -0.2) is 4.39 Å². The fourth-order valence-electron chi connectivity index (χ4n) is 4.04. The lowest BCUT2D eigenvalue weighted by Crippen LogP contribution is -2.42. The third kappa shape index (κ3) is 5.25. The van der Waals surface area contributed by atoms with Gasteiger partial charge in [-0.05, 0) is 61.2 Å². The van der Waals surface area contributed by atoms with Crippen LogP contribution < -0.4 is 5.43 Å². The van der Waals surface area contributed by atoms with Crippen molar-refractivity contribution in [1.82, 2.24) is 15.3 Å². The summed E-state index contributed by atoms with van der Waals surface area (Å²) in [6, 6.07) is 16.6. The van der Waals surface area contributed by atoms with Gasteiger partial charge in [0.15, 0.2) is 0 Å². The van der Waals surface area contributed by atoms with Crippen LogP contribution in [0.4, 0.5) is 4.39 Å². The number of hydrogen-bond donors (Lipinski definition) is 2. The average molecular weight is 394 g/mol. The Morgan fingerprint density at radius 2 is 1.76 bits per heavy atom. The third-order valence-electron chi connectivity index (χ3n) is 5.75. The van der Waals surface area contributed by atoms with E-state index < -0.39 is 6.10 Å². The van der Waals surface area contributed by atoms with Crippen molar-refractivity contribution in [2.45, 2.75) is 18.9 Å². The van der Waals surface area contributed by atoms with E-state index in [9.17, 15) is 9.50 Å². The minimum atomic E-state index is -0.572. The lowest BCUT2D eigenvalue weighted by Gasteiger charge is -2.36. The van der Waals surface area contributed by atoms with Crippen molar-refractivity contribution in [3.63, 3.8) is 0 Å². The molecule has 0 spiro atoms. The van der Waals surface area contributed by atoms with Crippen LogP contribution in [0, 0.1) is 11.7 Å². The van der Waals surface area contributed by atoms with Crippen LogP contribution in [0.2, 0.25) is 0 Å². The van der Waals surface area contributed by atoms with Crippen LogP contribution >= 0.6 is 0 Å². The molecule has 1 saturated heterocycles. The van der Waals surface area contributed by atoms with E-state index in [2.05, 4.69) is 51.9 Å². The van der Waals surface area contributed by atoms with Crippen LogP contribution in [0.5, 0.6) is 0 Å². The average Bonchev–Trinajstić information content (AvgIpc) is 2.76. The molecule has 2 aliphatic rings. The molecule has 2 N–H and O–H groups in total. The Balaban J connectivity index is 1.26. The molecule has 0 radical (unpaired) electrons. The first kappa shape index (κ1) is 19.7. The molecule has 5 heteroatoms. The molecule has 0 saturated carbocycles. The molecule has 1 atom stereocenters. The zero-order chi connectivity index (χ0) is 20.1. The first-order chi connectivity index (χ1) is 14.2. The summed E-state index contributed by atoms with van der Waals surface area (Å²) >= 11 is 0. The number of aliphatic hydroxyl groups is 1. The predicted octanol–water partition coefficient (Wildman–Crippen LogP) is 3.95. The number of β-amino-alcohol motifs (C(OH)–C–C–N with tert-alkyl or cyclic N) is 1. The van der Waals surface area contributed by atoms with Gasteiger partial charge in [0.1, 0.15) is 5.82 Å². The highest BCUT2D eigenvalue weighted by atomic mass is 19.1. The zero-order valence-electron chi connectivity index (χ0n) is 16.5. The Bertz CT molecular complexity index is 842. The van der Waals surface area contributed by atoms with Crippen molar-refractivity contribution in [1.29, 1.82) is 0 Å². The summed E-state index contributed by atoms with van der Waals surface area (Å²) < 4.78 is 13.1. The van der Waals surface area contributed by atoms with Crippen LogP contribution in [-0.4, -0.2) is 41.2 Å². The second-order valence-corrected chi connectivity index (χ2v) is 7.88. The van der Waals surface area contributed by atoms with E-state index in [1.807, 2.05) is 12.3 Å². The molecule has 1 unspecified atom stereocenters. The molecule has 0 amide bonds. The van der Waals surface area contributed by atoms with Crippen molar-refractivity contribution >= 4 is 5.57 Å². The van der Waals surface area contributed by atoms with Crippen LogP contribution in [0.25, 0.3) is 5.57 Å². The van der Waals surface area contributed by atoms with E-state index in [4.69, 9.17) is 0 Å². The smallest absolute Gasteiger partial charge is 0.123 e. The molecule has 2 aromatic rings. The fourth-order valence-corrected chi connectivity index (χ4v) is 4.04. The summed E-state index contributed by atoms with van der Waals surface area (Å²) in [5.41, 5.74) is 6.54. The van der Waals surface area contributed by atoms with Crippen LogP contribution in [-0.2, 0) is 0 Å². The normalized spacial score (nSPS) is 19.0. The van der Waals surface area contributed by atoms with Gasteiger partial charge < -0.3 is 15.4 Å². The van der Waals surface area contributed by atoms with Gasteiger partial charge in [-0.2, -0.15) is 0 Å². The number of hydrogen-bond acceptors (Lipinski definition) is 4. The number of hydrazine groups is 1. The molecular formula is C24H28FN3O. The minimum absolute atomic E-state index is 0.271. The molecule has 2 aliphatic heterocycles. The van der Waals surface area contributed by atoms with Gasteiger partial charge in [-0.15, -0.1) is 0 Å². The van der Waals surface area contributed by atoms with Crippen LogP contribution in [0.3, 0.4) is 0 Å². The zero-order valence-corrected chi connectivity index (χ0v) is 16.5. The van der Waals surface area contributed by atoms with Gasteiger partial charge in [-0.1, -0.05) is 42.5 Å². The maximum atomic E-state index is 13.1. The Labute approximate surface area is 171 Å². The van der Waals surface area contributed by atoms with Crippen molar-refractivity contribution in [3.05, 3.63) is 90.0 Å². The molecule has 0 aliphatic carbocycles. The number of likely N-dealkylation sites (tertiary alicyclic amines) is 1. The number of nitrogens with zero attached hydrogens (tertiary/aromatic N) is 2. The van der Waals surface area contributed by atoms with Gasteiger partial charge >= 0.3 is 0 Å². The van der Waals surface area contributed by atoms with E-state index in [1.54, 1.807) is 12.1 Å². The third-order valence-corrected chi connectivity index (χ3v) is 5.75. The van der Waals surface area contributed by atoms with Gasteiger partial charge in [-0.3, -0.25) is 5.01 Å². The summed E-state index contributed by atoms with van der Waals surface area (Å²) in [4.78, 5) is 2.30. The maximum Gasteiger partial charge on any atom is 0.123 e. The Hall–Kier alpha value is -2.63. The van der Waals surface area contributed by atoms with E-state index in [1.165, 1.54) is 23.3 Å². The fraction of sp³-hybridized carbons (Fsp3) is 0.333. The largest absolute Gasteiger partial charge is 0.387 e. The standard InChI is InChI=1S/C24H28FN3O/c25-23-8-6-21(7-9-23)24(29)18-27-14-11-19(12-15-27)16-28-17-22(10-13-26-28)20-4-2-1-3-5-20/h1-10,13,17,19,24,26,29H,11-12,14-16,18H2. The number of benzene rings is 2. The Morgan fingerprint density at radius 1 is 1.03 bits per heavy atom. The highest BCUT2D eigenvalue weighted by Crippen LogP contribution is 2.24. The van der Waals surface area contributed by atoms with Crippen molar-refractivity contribution in [2.24, 2.45) is 5.92 Å². The monoisotopic (exact) mass is 393 g/mol. The van der Waals surface area contributed by atoms with E-state index in [-0.39, 0.29) is 5.82 Å². The molecule has 2 aromatic carbocycles. The maximum absolute atomic E-state index is 13.1. The first-order valence-corrected chi connectivity index (χ1v) is 10.3. The van der Waals surface area contributed by atoms with Gasteiger partial charge in [0.2, 0.25) is 0 Å². The molecule has 0 bridgehead atoms. The molecule has 1 fully saturated rings. The van der Waals surface area contributed by atoms with Gasteiger partial charge in [0, 0.05) is 31.1 Å². The molecule has 2 heterocycles. The summed E-state index contributed by atoms with van der Waals surface area (Å²) in [6.07, 6.45) is 7.92. The lowest BCUT2D eigenvalue weighted by atomic mass is 9.95.